The second kappa shape index (κ2) is 11.3. The van der Waals surface area contributed by atoms with Crippen molar-refractivity contribution >= 4 is 0 Å². The molecule has 2 fully saturated rings. The molecule has 3 N–H and O–H groups in total. The van der Waals surface area contributed by atoms with Crippen LogP contribution in [0.1, 0.15) is 69.9 Å². The smallest absolute Gasteiger partial charge is 0.119 e. The Bertz CT molecular complexity index is 806. The Kier molecular flexibility index (Phi) is 8.26. The minimum absolute atomic E-state index is 0.447. The first kappa shape index (κ1) is 23.3. The molecule has 2 saturated carbocycles. The van der Waals surface area contributed by atoms with Gasteiger partial charge in [0, 0.05) is 18.6 Å². The molecule has 0 aromatic heterocycles. The van der Waals surface area contributed by atoms with Crippen molar-refractivity contribution in [2.45, 2.75) is 84.0 Å². The molecule has 0 radical (unpaired) electrons. The summed E-state index contributed by atoms with van der Waals surface area (Å²) in [6, 6.07) is 20.0. The Balaban J connectivity index is 1.18. The molecule has 0 aliphatic heterocycles. The number of nitrogens with one attached hydrogen (secondary N) is 1. The van der Waals surface area contributed by atoms with Crippen molar-refractivity contribution in [2.75, 3.05) is 0 Å². The summed E-state index contributed by atoms with van der Waals surface area (Å²) in [6.07, 6.45) is 9.23. The highest BCUT2D eigenvalue weighted by Gasteiger charge is 2.32. The van der Waals surface area contributed by atoms with Gasteiger partial charge in [0.1, 0.15) is 12.4 Å². The van der Waals surface area contributed by atoms with Crippen LogP contribution in [-0.2, 0) is 13.2 Å². The second-order valence-electron chi connectivity index (χ2n) is 10.6. The van der Waals surface area contributed by atoms with Crippen LogP contribution in [-0.4, -0.2) is 12.1 Å². The largest absolute Gasteiger partial charge is 0.489 e. The zero-order valence-corrected chi connectivity index (χ0v) is 20.0. The van der Waals surface area contributed by atoms with Crippen LogP contribution >= 0.6 is 0 Å². The highest BCUT2D eigenvalue weighted by molar-refractivity contribution is 5.27. The van der Waals surface area contributed by atoms with Crippen molar-refractivity contribution in [3.63, 3.8) is 0 Å². The third-order valence-electron chi connectivity index (χ3n) is 8.11. The van der Waals surface area contributed by atoms with Gasteiger partial charge < -0.3 is 15.8 Å². The monoisotopic (exact) mass is 434 g/mol. The zero-order valence-electron chi connectivity index (χ0n) is 20.0. The Hall–Kier alpha value is -1.84. The van der Waals surface area contributed by atoms with Gasteiger partial charge in [-0.05, 0) is 91.9 Å². The quantitative estimate of drug-likeness (QED) is 0.511. The lowest BCUT2D eigenvalue weighted by atomic mass is 9.68. The maximum absolute atomic E-state index is 6.18. The van der Waals surface area contributed by atoms with Crippen molar-refractivity contribution in [1.29, 1.82) is 0 Å². The van der Waals surface area contributed by atoms with Gasteiger partial charge in [-0.3, -0.25) is 0 Å². The van der Waals surface area contributed by atoms with Crippen LogP contribution in [0.25, 0.3) is 0 Å². The summed E-state index contributed by atoms with van der Waals surface area (Å²) in [5.41, 5.74) is 8.71. The highest BCUT2D eigenvalue weighted by Crippen LogP contribution is 2.40. The SMILES string of the molecule is CC1CC(N)CCC1CC1CCC(NCc2ccc(OCc3ccccc3)cc2)CC1C. The summed E-state index contributed by atoms with van der Waals surface area (Å²) in [4.78, 5) is 0. The van der Waals surface area contributed by atoms with E-state index in [-0.39, 0.29) is 0 Å². The molecule has 2 aliphatic rings. The van der Waals surface area contributed by atoms with E-state index >= 15 is 0 Å². The molecule has 4 rings (SSSR count). The number of hydrogen-bond acceptors (Lipinski definition) is 3. The van der Waals surface area contributed by atoms with E-state index in [1.54, 1.807) is 0 Å². The summed E-state index contributed by atoms with van der Waals surface area (Å²) < 4.78 is 5.92. The molecule has 0 saturated heterocycles. The molecule has 2 aromatic carbocycles. The van der Waals surface area contributed by atoms with E-state index in [0.717, 1.165) is 36.0 Å². The van der Waals surface area contributed by atoms with Gasteiger partial charge in [0.15, 0.2) is 0 Å². The van der Waals surface area contributed by atoms with Crippen molar-refractivity contribution < 1.29 is 4.74 Å². The molecule has 2 aromatic rings. The average molecular weight is 435 g/mol. The Morgan fingerprint density at radius 3 is 2.19 bits per heavy atom. The minimum Gasteiger partial charge on any atom is -0.489 e. The van der Waals surface area contributed by atoms with E-state index in [1.807, 2.05) is 18.2 Å². The van der Waals surface area contributed by atoms with Gasteiger partial charge in [0.2, 0.25) is 0 Å². The van der Waals surface area contributed by atoms with Crippen molar-refractivity contribution in [3.05, 3.63) is 65.7 Å². The van der Waals surface area contributed by atoms with E-state index in [2.05, 4.69) is 55.6 Å². The molecule has 3 nitrogen and oxygen atoms in total. The molecule has 0 heterocycles. The van der Waals surface area contributed by atoms with Crippen molar-refractivity contribution in [1.82, 2.24) is 5.32 Å². The first-order chi connectivity index (χ1) is 15.6. The summed E-state index contributed by atoms with van der Waals surface area (Å²) in [6.45, 7) is 6.47. The van der Waals surface area contributed by atoms with E-state index in [9.17, 15) is 0 Å². The summed E-state index contributed by atoms with van der Waals surface area (Å²) in [5, 5.41) is 3.83. The average Bonchev–Trinajstić information content (AvgIpc) is 2.81. The fraction of sp³-hybridized carbons (Fsp3) is 0.586. The molecule has 2 aliphatic carbocycles. The standard InChI is InChI=1S/C29H42N2O/c1-21-16-27(30)12-10-25(21)18-26-11-13-28(17-22(26)2)31-19-23-8-14-29(15-9-23)32-20-24-6-4-3-5-7-24/h3-9,14-15,21-22,25-28,31H,10-13,16-20,30H2,1-2H3. The predicted octanol–water partition coefficient (Wildman–Crippen LogP) is 6.31. The van der Waals surface area contributed by atoms with Gasteiger partial charge in [-0.15, -0.1) is 0 Å². The molecule has 0 bridgehead atoms. The van der Waals surface area contributed by atoms with Gasteiger partial charge in [0.05, 0.1) is 0 Å². The van der Waals surface area contributed by atoms with Gasteiger partial charge >= 0.3 is 0 Å². The molecule has 6 unspecified atom stereocenters. The second-order valence-corrected chi connectivity index (χ2v) is 10.6. The Morgan fingerprint density at radius 1 is 0.812 bits per heavy atom. The molecule has 0 amide bonds. The van der Waals surface area contributed by atoms with E-state index < -0.39 is 0 Å². The molecule has 174 valence electrons. The molecular weight excluding hydrogens is 392 g/mol. The molecule has 32 heavy (non-hydrogen) atoms. The summed E-state index contributed by atoms with van der Waals surface area (Å²) in [7, 11) is 0. The maximum Gasteiger partial charge on any atom is 0.119 e. The molecule has 3 heteroatoms. The lowest BCUT2D eigenvalue weighted by molar-refractivity contribution is 0.132. The van der Waals surface area contributed by atoms with Gasteiger partial charge in [-0.1, -0.05) is 56.3 Å². The summed E-state index contributed by atoms with van der Waals surface area (Å²) in [5.74, 6) is 4.36. The van der Waals surface area contributed by atoms with Gasteiger partial charge in [-0.25, -0.2) is 0 Å². The predicted molar refractivity (Wildman–Crippen MR) is 133 cm³/mol. The van der Waals surface area contributed by atoms with Gasteiger partial charge in [0.25, 0.3) is 0 Å². The van der Waals surface area contributed by atoms with Crippen LogP contribution < -0.4 is 15.8 Å². The lowest BCUT2D eigenvalue weighted by Crippen LogP contribution is -2.38. The first-order valence-corrected chi connectivity index (χ1v) is 12.8. The maximum atomic E-state index is 6.18. The first-order valence-electron chi connectivity index (χ1n) is 12.8. The van der Waals surface area contributed by atoms with E-state index in [4.69, 9.17) is 10.5 Å². The van der Waals surface area contributed by atoms with Crippen molar-refractivity contribution in [3.8, 4) is 5.75 Å². The summed E-state index contributed by atoms with van der Waals surface area (Å²) >= 11 is 0. The lowest BCUT2D eigenvalue weighted by Gasteiger charge is -2.40. The van der Waals surface area contributed by atoms with E-state index in [1.165, 1.54) is 56.1 Å². The van der Waals surface area contributed by atoms with Crippen LogP contribution in [0.2, 0.25) is 0 Å². The number of rotatable bonds is 8. The van der Waals surface area contributed by atoms with Crippen LogP contribution in [0.4, 0.5) is 0 Å². The van der Waals surface area contributed by atoms with Crippen molar-refractivity contribution in [2.24, 2.45) is 29.4 Å². The zero-order chi connectivity index (χ0) is 22.3. The number of hydrogen-bond donors (Lipinski definition) is 2. The van der Waals surface area contributed by atoms with Gasteiger partial charge in [-0.2, -0.15) is 0 Å². The number of benzene rings is 2. The third-order valence-corrected chi connectivity index (χ3v) is 8.11. The highest BCUT2D eigenvalue weighted by atomic mass is 16.5. The fourth-order valence-corrected chi connectivity index (χ4v) is 5.94. The fourth-order valence-electron chi connectivity index (χ4n) is 5.94. The third kappa shape index (κ3) is 6.59. The molecular formula is C29H42N2O. The van der Waals surface area contributed by atoms with Crippen LogP contribution in [0.5, 0.6) is 5.75 Å². The van der Waals surface area contributed by atoms with E-state index in [0.29, 0.717) is 18.7 Å². The topological polar surface area (TPSA) is 47.3 Å². The van der Waals surface area contributed by atoms with Crippen LogP contribution in [0.15, 0.2) is 54.6 Å². The van der Waals surface area contributed by atoms with Crippen LogP contribution in [0.3, 0.4) is 0 Å². The Morgan fingerprint density at radius 2 is 1.50 bits per heavy atom. The van der Waals surface area contributed by atoms with Crippen LogP contribution in [0, 0.1) is 23.7 Å². The minimum atomic E-state index is 0.447. The normalized spacial score (nSPS) is 30.7. The molecule has 6 atom stereocenters. The number of nitrogens with two attached hydrogens (primary N) is 1. The molecule has 0 spiro atoms. The Labute approximate surface area is 195 Å². The number of ether oxygens (including phenoxy) is 1.